The number of nitrogens with one attached hydrogen (secondary N) is 1. The molecule has 1 aromatic rings. The Labute approximate surface area is 124 Å². The van der Waals surface area contributed by atoms with E-state index in [-0.39, 0.29) is 17.9 Å². The maximum absolute atomic E-state index is 12.2. The summed E-state index contributed by atoms with van der Waals surface area (Å²) in [4.78, 5) is 25.6. The largest absolute Gasteiger partial charge is 0.497 e. The molecule has 1 heterocycles. The Kier molecular flexibility index (Phi) is 4.67. The van der Waals surface area contributed by atoms with Crippen molar-refractivity contribution in [3.63, 3.8) is 0 Å². The molecule has 1 saturated heterocycles. The first-order valence-electron chi connectivity index (χ1n) is 7.03. The molecule has 1 unspecified atom stereocenters. The van der Waals surface area contributed by atoms with Crippen LogP contribution in [0.1, 0.15) is 30.1 Å². The third-order valence-corrected chi connectivity index (χ3v) is 3.47. The molecule has 1 atom stereocenters. The lowest BCUT2D eigenvalue weighted by Crippen LogP contribution is -2.42. The van der Waals surface area contributed by atoms with Gasteiger partial charge in [-0.1, -0.05) is 0 Å². The predicted molar refractivity (Wildman–Crippen MR) is 80.1 cm³/mol. The Morgan fingerprint density at radius 2 is 2.24 bits per heavy atom. The summed E-state index contributed by atoms with van der Waals surface area (Å²) >= 11 is 0. The molecule has 0 radical (unpaired) electrons. The van der Waals surface area contributed by atoms with Crippen molar-refractivity contribution in [3.8, 4) is 5.75 Å². The fraction of sp³-hybridized carbons (Fsp3) is 0.467. The Bertz CT molecular complexity index is 545. The van der Waals surface area contributed by atoms with Crippen molar-refractivity contribution in [1.29, 1.82) is 0 Å². The number of ether oxygens (including phenoxy) is 1. The summed E-state index contributed by atoms with van der Waals surface area (Å²) in [6.45, 7) is 3.18. The molecule has 1 aliphatic heterocycles. The van der Waals surface area contributed by atoms with Gasteiger partial charge in [0.05, 0.1) is 7.11 Å². The zero-order valence-electron chi connectivity index (χ0n) is 12.4. The first kappa shape index (κ1) is 15.2. The van der Waals surface area contributed by atoms with Crippen LogP contribution in [-0.4, -0.2) is 43.0 Å². The Morgan fingerprint density at radius 3 is 2.86 bits per heavy atom. The number of nitrogens with two attached hydrogens (primary N) is 1. The lowest BCUT2D eigenvalue weighted by molar-refractivity contribution is -0.127. The molecule has 3 N–H and O–H groups in total. The summed E-state index contributed by atoms with van der Waals surface area (Å²) in [6.07, 6.45) is 1.50. The summed E-state index contributed by atoms with van der Waals surface area (Å²) < 4.78 is 5.10. The molecule has 0 spiro atoms. The molecule has 2 amide bonds. The molecule has 1 fully saturated rings. The standard InChI is InChI=1S/C15H21N3O3/c1-10(9-18-5-3-4-14(18)19)17-15(20)11-6-12(16)8-13(7-11)21-2/h6-8,10H,3-5,9,16H2,1-2H3,(H,17,20). The van der Waals surface area contributed by atoms with Crippen LogP contribution < -0.4 is 15.8 Å². The van der Waals surface area contributed by atoms with Crippen molar-refractivity contribution in [1.82, 2.24) is 10.2 Å². The summed E-state index contributed by atoms with van der Waals surface area (Å²) in [7, 11) is 1.53. The third kappa shape index (κ3) is 3.87. The average Bonchev–Trinajstić information content (AvgIpc) is 2.83. The lowest BCUT2D eigenvalue weighted by Gasteiger charge is -2.21. The molecular formula is C15H21N3O3. The Balaban J connectivity index is 1.97. The molecule has 2 rings (SSSR count). The van der Waals surface area contributed by atoms with Gasteiger partial charge in [0.2, 0.25) is 5.91 Å². The molecule has 1 aliphatic rings. The summed E-state index contributed by atoms with van der Waals surface area (Å²) in [5.41, 5.74) is 6.67. The van der Waals surface area contributed by atoms with Crippen LogP contribution >= 0.6 is 0 Å². The smallest absolute Gasteiger partial charge is 0.251 e. The van der Waals surface area contributed by atoms with Crippen molar-refractivity contribution >= 4 is 17.5 Å². The Morgan fingerprint density at radius 1 is 1.48 bits per heavy atom. The van der Waals surface area contributed by atoms with Crippen LogP contribution in [0.5, 0.6) is 5.75 Å². The van der Waals surface area contributed by atoms with E-state index in [0.29, 0.717) is 30.0 Å². The number of anilines is 1. The first-order chi connectivity index (χ1) is 9.99. The van der Waals surface area contributed by atoms with E-state index in [2.05, 4.69) is 5.32 Å². The molecule has 6 heteroatoms. The normalized spacial score (nSPS) is 15.9. The summed E-state index contributed by atoms with van der Waals surface area (Å²) in [5, 5.41) is 2.88. The van der Waals surface area contributed by atoms with Crippen LogP contribution in [0, 0.1) is 0 Å². The number of likely N-dealkylation sites (tertiary alicyclic amines) is 1. The van der Waals surface area contributed by atoms with E-state index in [0.717, 1.165) is 13.0 Å². The quantitative estimate of drug-likeness (QED) is 0.793. The van der Waals surface area contributed by atoms with Gasteiger partial charge in [-0.05, 0) is 25.5 Å². The fourth-order valence-electron chi connectivity index (χ4n) is 2.45. The number of nitrogens with zero attached hydrogens (tertiary/aromatic N) is 1. The van der Waals surface area contributed by atoms with E-state index < -0.39 is 0 Å². The highest BCUT2D eigenvalue weighted by molar-refractivity contribution is 5.95. The number of benzene rings is 1. The van der Waals surface area contributed by atoms with Crippen LogP contribution in [0.3, 0.4) is 0 Å². The molecule has 0 aromatic heterocycles. The number of carbonyl (C=O) groups excluding carboxylic acids is 2. The Hall–Kier alpha value is -2.24. The van der Waals surface area contributed by atoms with Gasteiger partial charge < -0.3 is 20.7 Å². The van der Waals surface area contributed by atoms with E-state index in [9.17, 15) is 9.59 Å². The monoisotopic (exact) mass is 291 g/mol. The highest BCUT2D eigenvalue weighted by Crippen LogP contribution is 2.18. The van der Waals surface area contributed by atoms with Gasteiger partial charge in [0.15, 0.2) is 0 Å². The molecule has 114 valence electrons. The van der Waals surface area contributed by atoms with Gasteiger partial charge >= 0.3 is 0 Å². The zero-order chi connectivity index (χ0) is 15.4. The second kappa shape index (κ2) is 6.47. The van der Waals surface area contributed by atoms with Crippen LogP contribution in [-0.2, 0) is 4.79 Å². The van der Waals surface area contributed by atoms with Crippen LogP contribution in [0.4, 0.5) is 5.69 Å². The van der Waals surface area contributed by atoms with Crippen molar-refractivity contribution in [2.75, 3.05) is 25.9 Å². The van der Waals surface area contributed by atoms with Crippen LogP contribution in [0.2, 0.25) is 0 Å². The molecule has 21 heavy (non-hydrogen) atoms. The summed E-state index contributed by atoms with van der Waals surface area (Å²) in [6, 6.07) is 4.78. The second-order valence-electron chi connectivity index (χ2n) is 5.31. The third-order valence-electron chi connectivity index (χ3n) is 3.47. The highest BCUT2D eigenvalue weighted by Gasteiger charge is 2.22. The number of amides is 2. The molecule has 1 aromatic carbocycles. The fourth-order valence-corrected chi connectivity index (χ4v) is 2.45. The van der Waals surface area contributed by atoms with E-state index >= 15 is 0 Å². The number of carbonyl (C=O) groups is 2. The molecular weight excluding hydrogens is 270 g/mol. The number of hydrogen-bond acceptors (Lipinski definition) is 4. The second-order valence-corrected chi connectivity index (χ2v) is 5.31. The molecule has 0 saturated carbocycles. The van der Waals surface area contributed by atoms with Crippen molar-refractivity contribution in [2.45, 2.75) is 25.8 Å². The average molecular weight is 291 g/mol. The van der Waals surface area contributed by atoms with Crippen LogP contribution in [0.15, 0.2) is 18.2 Å². The van der Waals surface area contributed by atoms with Gasteiger partial charge in [-0.3, -0.25) is 9.59 Å². The number of nitrogen functional groups attached to an aromatic ring is 1. The van der Waals surface area contributed by atoms with Gasteiger partial charge in [-0.2, -0.15) is 0 Å². The first-order valence-corrected chi connectivity index (χ1v) is 7.03. The van der Waals surface area contributed by atoms with Crippen molar-refractivity contribution < 1.29 is 14.3 Å². The highest BCUT2D eigenvalue weighted by atomic mass is 16.5. The maximum atomic E-state index is 12.2. The van der Waals surface area contributed by atoms with Gasteiger partial charge in [0.1, 0.15) is 5.75 Å². The summed E-state index contributed by atoms with van der Waals surface area (Å²) in [5.74, 6) is 0.476. The van der Waals surface area contributed by atoms with E-state index in [1.165, 1.54) is 7.11 Å². The minimum Gasteiger partial charge on any atom is -0.497 e. The van der Waals surface area contributed by atoms with Gasteiger partial charge in [0, 0.05) is 42.9 Å². The molecule has 0 bridgehead atoms. The van der Waals surface area contributed by atoms with E-state index in [1.807, 2.05) is 6.92 Å². The molecule has 6 nitrogen and oxygen atoms in total. The number of rotatable bonds is 5. The predicted octanol–water partition coefficient (Wildman–Crippen LogP) is 1.02. The van der Waals surface area contributed by atoms with E-state index in [4.69, 9.17) is 10.5 Å². The SMILES string of the molecule is COc1cc(N)cc(C(=O)NC(C)CN2CCCC2=O)c1. The topological polar surface area (TPSA) is 84.7 Å². The zero-order valence-corrected chi connectivity index (χ0v) is 12.4. The number of hydrogen-bond donors (Lipinski definition) is 2. The van der Waals surface area contributed by atoms with Gasteiger partial charge in [0.25, 0.3) is 5.91 Å². The van der Waals surface area contributed by atoms with Crippen molar-refractivity contribution in [2.24, 2.45) is 0 Å². The van der Waals surface area contributed by atoms with E-state index in [1.54, 1.807) is 23.1 Å². The minimum absolute atomic E-state index is 0.119. The number of methoxy groups -OCH3 is 1. The van der Waals surface area contributed by atoms with Crippen LogP contribution in [0.25, 0.3) is 0 Å². The minimum atomic E-state index is -0.222. The van der Waals surface area contributed by atoms with Gasteiger partial charge in [-0.25, -0.2) is 0 Å². The molecule has 0 aliphatic carbocycles. The van der Waals surface area contributed by atoms with Crippen molar-refractivity contribution in [3.05, 3.63) is 23.8 Å². The van der Waals surface area contributed by atoms with Gasteiger partial charge in [-0.15, -0.1) is 0 Å². The maximum Gasteiger partial charge on any atom is 0.251 e. The lowest BCUT2D eigenvalue weighted by atomic mass is 10.1.